The summed E-state index contributed by atoms with van der Waals surface area (Å²) in [5, 5.41) is 8.74. The van der Waals surface area contributed by atoms with Gasteiger partial charge in [-0.2, -0.15) is 0 Å². The molecule has 0 bridgehead atoms. The van der Waals surface area contributed by atoms with Crippen LogP contribution in [0.1, 0.15) is 71.3 Å². The predicted octanol–water partition coefficient (Wildman–Crippen LogP) is 7.27. The van der Waals surface area contributed by atoms with Crippen LogP contribution in [0.4, 0.5) is 4.39 Å². The number of aliphatic carboxylic acids is 1. The second-order valence-electron chi connectivity index (χ2n) is 9.86. The van der Waals surface area contributed by atoms with Gasteiger partial charge in [-0.15, -0.1) is 0 Å². The van der Waals surface area contributed by atoms with E-state index in [9.17, 15) is 4.79 Å². The Kier molecular flexibility index (Phi) is 7.74. The molecule has 0 aromatic heterocycles. The summed E-state index contributed by atoms with van der Waals surface area (Å²) in [4.78, 5) is 10.6. The normalized spacial score (nSPS) is 19.2. The highest BCUT2D eigenvalue weighted by Gasteiger charge is 2.30. The molecule has 3 rings (SSSR count). The minimum Gasteiger partial charge on any atom is -0.490 e. The summed E-state index contributed by atoms with van der Waals surface area (Å²) < 4.78 is 21.2. The summed E-state index contributed by atoms with van der Waals surface area (Å²) in [6, 6.07) is 13.1. The first kappa shape index (κ1) is 23.3. The molecule has 1 fully saturated rings. The SMILES string of the molecule is CC(C)(C)C1CCC(Oc2ccc(-c3cccc(CCCCC(=O)O)c3F)cc2)CC1. The molecule has 0 heterocycles. The molecule has 2 aromatic rings. The molecule has 1 N–H and O–H groups in total. The highest BCUT2D eigenvalue weighted by molar-refractivity contribution is 5.67. The van der Waals surface area contributed by atoms with E-state index in [0.29, 0.717) is 35.8 Å². The molecule has 31 heavy (non-hydrogen) atoms. The fourth-order valence-corrected chi connectivity index (χ4v) is 4.54. The lowest BCUT2D eigenvalue weighted by molar-refractivity contribution is -0.137. The molecule has 1 saturated carbocycles. The second kappa shape index (κ2) is 10.3. The zero-order valence-corrected chi connectivity index (χ0v) is 19.0. The first-order valence-electron chi connectivity index (χ1n) is 11.5. The van der Waals surface area contributed by atoms with E-state index in [4.69, 9.17) is 9.84 Å². The third-order valence-corrected chi connectivity index (χ3v) is 6.53. The number of halogens is 1. The Morgan fingerprint density at radius 3 is 2.32 bits per heavy atom. The van der Waals surface area contributed by atoms with Crippen molar-refractivity contribution in [1.82, 2.24) is 0 Å². The van der Waals surface area contributed by atoms with Crippen molar-refractivity contribution in [3.63, 3.8) is 0 Å². The van der Waals surface area contributed by atoms with Crippen LogP contribution in [0.5, 0.6) is 5.75 Å². The molecule has 0 atom stereocenters. The molecule has 1 aliphatic carbocycles. The average Bonchev–Trinajstić information content (AvgIpc) is 2.72. The molecular weight excluding hydrogens is 391 g/mol. The highest BCUT2D eigenvalue weighted by atomic mass is 19.1. The maximum absolute atomic E-state index is 15.0. The van der Waals surface area contributed by atoms with Crippen LogP contribution in [0, 0.1) is 17.2 Å². The van der Waals surface area contributed by atoms with Crippen LogP contribution in [0.2, 0.25) is 0 Å². The lowest BCUT2D eigenvalue weighted by atomic mass is 9.72. The number of benzene rings is 2. The summed E-state index contributed by atoms with van der Waals surface area (Å²) in [6.07, 6.45) is 6.74. The van der Waals surface area contributed by atoms with E-state index in [1.54, 1.807) is 12.1 Å². The number of rotatable bonds is 8. The van der Waals surface area contributed by atoms with Crippen LogP contribution >= 0.6 is 0 Å². The lowest BCUT2D eigenvalue weighted by Gasteiger charge is -2.36. The molecule has 3 nitrogen and oxygen atoms in total. The molecule has 4 heteroatoms. The van der Waals surface area contributed by atoms with Crippen LogP contribution in [-0.4, -0.2) is 17.2 Å². The fraction of sp³-hybridized carbons (Fsp3) is 0.519. The zero-order chi connectivity index (χ0) is 22.4. The fourth-order valence-electron chi connectivity index (χ4n) is 4.54. The van der Waals surface area contributed by atoms with E-state index in [0.717, 1.165) is 30.1 Å². The van der Waals surface area contributed by atoms with Crippen molar-refractivity contribution in [3.8, 4) is 16.9 Å². The summed E-state index contributed by atoms with van der Waals surface area (Å²) >= 11 is 0. The first-order valence-corrected chi connectivity index (χ1v) is 11.5. The summed E-state index contributed by atoms with van der Waals surface area (Å²) in [7, 11) is 0. The summed E-state index contributed by atoms with van der Waals surface area (Å²) in [6.45, 7) is 6.96. The molecule has 0 radical (unpaired) electrons. The number of carboxylic acid groups (broad SMARTS) is 1. The van der Waals surface area contributed by atoms with E-state index in [2.05, 4.69) is 20.8 Å². The van der Waals surface area contributed by atoms with Gasteiger partial charge in [-0.1, -0.05) is 51.1 Å². The number of carbonyl (C=O) groups is 1. The molecule has 168 valence electrons. The van der Waals surface area contributed by atoms with Gasteiger partial charge >= 0.3 is 5.97 Å². The van der Waals surface area contributed by atoms with Crippen LogP contribution in [0.25, 0.3) is 11.1 Å². The standard InChI is InChI=1S/C27H35FO3/c1-27(2,3)21-13-17-23(18-14-21)31-22-15-11-19(12-16-22)24-9-6-8-20(26(24)28)7-4-5-10-25(29)30/h6,8-9,11-12,15-16,21,23H,4-5,7,10,13-14,17-18H2,1-3H3,(H,29,30). The number of hydrogen-bond acceptors (Lipinski definition) is 2. The van der Waals surface area contributed by atoms with Gasteiger partial charge in [-0.05, 0) is 79.5 Å². The van der Waals surface area contributed by atoms with Crippen molar-refractivity contribution in [1.29, 1.82) is 0 Å². The number of carboxylic acids is 1. The smallest absolute Gasteiger partial charge is 0.303 e. The number of unbranched alkanes of at least 4 members (excludes halogenated alkanes) is 1. The van der Waals surface area contributed by atoms with Crippen molar-refractivity contribution >= 4 is 5.97 Å². The zero-order valence-electron chi connectivity index (χ0n) is 19.0. The van der Waals surface area contributed by atoms with Crippen molar-refractivity contribution in [3.05, 3.63) is 53.8 Å². The van der Waals surface area contributed by atoms with Gasteiger partial charge in [0.25, 0.3) is 0 Å². The monoisotopic (exact) mass is 426 g/mol. The Labute approximate surface area is 185 Å². The molecular formula is C27H35FO3. The minimum absolute atomic E-state index is 0.126. The van der Waals surface area contributed by atoms with Gasteiger partial charge in [-0.25, -0.2) is 4.39 Å². The first-order chi connectivity index (χ1) is 14.7. The van der Waals surface area contributed by atoms with Gasteiger partial charge in [-0.3, -0.25) is 4.79 Å². The minimum atomic E-state index is -0.807. The van der Waals surface area contributed by atoms with E-state index in [-0.39, 0.29) is 18.3 Å². The van der Waals surface area contributed by atoms with Crippen molar-refractivity contribution in [2.24, 2.45) is 11.3 Å². The third kappa shape index (κ3) is 6.56. The van der Waals surface area contributed by atoms with Crippen LogP contribution in [-0.2, 0) is 11.2 Å². The Morgan fingerprint density at radius 2 is 1.71 bits per heavy atom. The molecule has 1 aliphatic rings. The lowest BCUT2D eigenvalue weighted by Crippen LogP contribution is -2.30. The third-order valence-electron chi connectivity index (χ3n) is 6.53. The number of ether oxygens (including phenoxy) is 1. The van der Waals surface area contributed by atoms with Gasteiger partial charge in [0.15, 0.2) is 0 Å². The molecule has 0 aliphatic heterocycles. The molecule has 0 spiro atoms. The summed E-state index contributed by atoms with van der Waals surface area (Å²) in [5.74, 6) is 0.577. The topological polar surface area (TPSA) is 46.5 Å². The van der Waals surface area contributed by atoms with Crippen molar-refractivity contribution < 1.29 is 19.0 Å². The van der Waals surface area contributed by atoms with Gasteiger partial charge in [0.2, 0.25) is 0 Å². The summed E-state index contributed by atoms with van der Waals surface area (Å²) in [5.41, 5.74) is 2.40. The number of hydrogen-bond donors (Lipinski definition) is 1. The van der Waals surface area contributed by atoms with Gasteiger partial charge in [0.1, 0.15) is 11.6 Å². The second-order valence-corrected chi connectivity index (χ2v) is 9.86. The molecule has 0 amide bonds. The maximum Gasteiger partial charge on any atom is 0.303 e. The van der Waals surface area contributed by atoms with E-state index >= 15 is 4.39 Å². The van der Waals surface area contributed by atoms with Crippen LogP contribution < -0.4 is 4.74 Å². The van der Waals surface area contributed by atoms with Crippen molar-refractivity contribution in [2.75, 3.05) is 0 Å². The van der Waals surface area contributed by atoms with Crippen LogP contribution in [0.3, 0.4) is 0 Å². The van der Waals surface area contributed by atoms with Crippen LogP contribution in [0.15, 0.2) is 42.5 Å². The quantitative estimate of drug-likeness (QED) is 0.451. The Morgan fingerprint density at radius 1 is 1.03 bits per heavy atom. The van der Waals surface area contributed by atoms with Gasteiger partial charge < -0.3 is 9.84 Å². The van der Waals surface area contributed by atoms with E-state index in [1.807, 2.05) is 30.3 Å². The van der Waals surface area contributed by atoms with Gasteiger partial charge in [0, 0.05) is 12.0 Å². The predicted molar refractivity (Wildman–Crippen MR) is 123 cm³/mol. The van der Waals surface area contributed by atoms with Crippen molar-refractivity contribution in [2.45, 2.75) is 78.2 Å². The van der Waals surface area contributed by atoms with E-state index in [1.165, 1.54) is 12.8 Å². The molecule has 2 aromatic carbocycles. The molecule has 0 unspecified atom stereocenters. The maximum atomic E-state index is 15.0. The average molecular weight is 427 g/mol. The van der Waals surface area contributed by atoms with Gasteiger partial charge in [0.05, 0.1) is 6.10 Å². The Hall–Kier alpha value is -2.36. The Bertz CT molecular complexity index is 859. The number of aryl methyl sites for hydroxylation is 1. The largest absolute Gasteiger partial charge is 0.490 e. The van der Waals surface area contributed by atoms with E-state index < -0.39 is 5.97 Å². The molecule has 0 saturated heterocycles. The highest BCUT2D eigenvalue weighted by Crippen LogP contribution is 2.39. The Balaban J connectivity index is 1.59.